The first-order chi connectivity index (χ1) is 11.7. The van der Waals surface area contributed by atoms with E-state index < -0.39 is 34.5 Å². The Morgan fingerprint density at radius 1 is 0.920 bits per heavy atom. The summed E-state index contributed by atoms with van der Waals surface area (Å²) in [5, 5.41) is 59.6. The van der Waals surface area contributed by atoms with E-state index in [-0.39, 0.29) is 11.0 Å². The standard InChI is InChI=1S/C16H14BrNO6S/c17-13-8(5-11(21)15(23)16(13)24)6-18-12(25)2-1-7-3-9(19)14(22)10(20)4-7/h1-5,19-24H,6H2,(H,18,25)/b2-1+. The fraction of sp³-hybridized carbons (Fsp3) is 0.0625. The molecule has 7 nitrogen and oxygen atoms in total. The Bertz CT molecular complexity index is 845. The Hall–Kier alpha value is -2.65. The number of nitrogens with one attached hydrogen (secondary N) is 1. The molecule has 2 rings (SSSR count). The van der Waals surface area contributed by atoms with E-state index in [1.165, 1.54) is 30.4 Å². The number of phenolic OH excluding ortho intramolecular Hbond substituents is 6. The van der Waals surface area contributed by atoms with Crippen LogP contribution in [0.4, 0.5) is 0 Å². The van der Waals surface area contributed by atoms with E-state index >= 15 is 0 Å². The van der Waals surface area contributed by atoms with Gasteiger partial charge in [-0.15, -0.1) is 0 Å². The zero-order valence-corrected chi connectivity index (χ0v) is 15.0. The van der Waals surface area contributed by atoms with Crippen molar-refractivity contribution in [2.24, 2.45) is 0 Å². The van der Waals surface area contributed by atoms with Gasteiger partial charge in [-0.1, -0.05) is 18.3 Å². The Morgan fingerprint density at radius 2 is 1.48 bits per heavy atom. The van der Waals surface area contributed by atoms with Gasteiger partial charge in [0.1, 0.15) is 0 Å². The second-order valence-corrected chi connectivity index (χ2v) is 6.26. The molecule has 25 heavy (non-hydrogen) atoms. The van der Waals surface area contributed by atoms with Crippen molar-refractivity contribution >= 4 is 39.2 Å². The summed E-state index contributed by atoms with van der Waals surface area (Å²) in [7, 11) is 0. The number of phenols is 6. The van der Waals surface area contributed by atoms with Gasteiger partial charge in [0.05, 0.1) is 9.46 Å². The number of thiocarbonyl (C=S) groups is 1. The van der Waals surface area contributed by atoms with Gasteiger partial charge in [-0.05, 0) is 51.3 Å². The summed E-state index contributed by atoms with van der Waals surface area (Å²) >= 11 is 8.23. The summed E-state index contributed by atoms with van der Waals surface area (Å²) in [6.07, 6.45) is 3.00. The lowest BCUT2D eigenvalue weighted by atomic mass is 10.1. The molecule has 0 radical (unpaired) electrons. The van der Waals surface area contributed by atoms with Crippen LogP contribution in [0.2, 0.25) is 0 Å². The van der Waals surface area contributed by atoms with Crippen molar-refractivity contribution in [3.63, 3.8) is 0 Å². The predicted octanol–water partition coefficient (Wildman–Crippen LogP) is 2.81. The maximum absolute atomic E-state index is 9.66. The normalized spacial score (nSPS) is 10.9. The molecule has 2 aromatic rings. The molecule has 0 aliphatic carbocycles. The minimum absolute atomic E-state index is 0.150. The summed E-state index contributed by atoms with van der Waals surface area (Å²) in [4.78, 5) is 0.297. The van der Waals surface area contributed by atoms with Crippen LogP contribution in [-0.2, 0) is 6.54 Å². The SMILES string of the molecule is Oc1cc(/C=C/C(=S)NCc2cc(O)c(O)c(O)c2Br)cc(O)c1O. The van der Waals surface area contributed by atoms with Gasteiger partial charge < -0.3 is 36.0 Å². The van der Waals surface area contributed by atoms with Gasteiger partial charge in [-0.2, -0.15) is 0 Å². The largest absolute Gasteiger partial charge is 0.504 e. The molecule has 0 saturated carbocycles. The van der Waals surface area contributed by atoms with Crippen LogP contribution in [0.1, 0.15) is 11.1 Å². The first-order valence-electron chi connectivity index (χ1n) is 6.83. The summed E-state index contributed by atoms with van der Waals surface area (Å²) in [6.45, 7) is 0.150. The summed E-state index contributed by atoms with van der Waals surface area (Å²) in [5.41, 5.74) is 0.876. The van der Waals surface area contributed by atoms with Crippen molar-refractivity contribution in [3.05, 3.63) is 39.9 Å². The van der Waals surface area contributed by atoms with Crippen molar-refractivity contribution in [2.45, 2.75) is 6.54 Å². The van der Waals surface area contributed by atoms with Crippen LogP contribution in [0.5, 0.6) is 34.5 Å². The molecule has 0 aromatic heterocycles. The smallest absolute Gasteiger partial charge is 0.201 e. The molecule has 132 valence electrons. The molecule has 0 fully saturated rings. The van der Waals surface area contributed by atoms with E-state index in [9.17, 15) is 30.6 Å². The highest BCUT2D eigenvalue weighted by Gasteiger charge is 2.14. The molecule has 7 N–H and O–H groups in total. The molecular formula is C16H14BrNO6S. The third kappa shape index (κ3) is 4.25. The maximum atomic E-state index is 9.66. The lowest BCUT2D eigenvalue weighted by Gasteiger charge is -2.11. The average molecular weight is 428 g/mol. The molecule has 9 heteroatoms. The van der Waals surface area contributed by atoms with Crippen LogP contribution in [-0.4, -0.2) is 35.6 Å². The van der Waals surface area contributed by atoms with E-state index in [0.29, 0.717) is 16.1 Å². The van der Waals surface area contributed by atoms with E-state index in [0.717, 1.165) is 0 Å². The first kappa shape index (κ1) is 18.7. The van der Waals surface area contributed by atoms with Gasteiger partial charge >= 0.3 is 0 Å². The Kier molecular flexibility index (Phi) is 5.60. The Labute approximate surface area is 156 Å². The number of halogens is 1. The zero-order valence-electron chi connectivity index (χ0n) is 12.6. The summed E-state index contributed by atoms with van der Waals surface area (Å²) in [5.74, 6) is -3.09. The zero-order chi connectivity index (χ0) is 18.7. The van der Waals surface area contributed by atoms with Crippen LogP contribution in [0, 0.1) is 0 Å². The van der Waals surface area contributed by atoms with Crippen LogP contribution in [0.25, 0.3) is 6.08 Å². The molecule has 0 spiro atoms. The quantitative estimate of drug-likeness (QED) is 0.225. The van der Waals surface area contributed by atoms with E-state index in [1.54, 1.807) is 0 Å². The van der Waals surface area contributed by atoms with Gasteiger partial charge in [0.2, 0.25) is 5.75 Å². The summed E-state index contributed by atoms with van der Waals surface area (Å²) in [6, 6.07) is 3.77. The highest BCUT2D eigenvalue weighted by molar-refractivity contribution is 9.10. The second-order valence-electron chi connectivity index (χ2n) is 5.02. The van der Waals surface area contributed by atoms with Crippen molar-refractivity contribution in [1.29, 1.82) is 0 Å². The molecule has 0 unspecified atom stereocenters. The predicted molar refractivity (Wildman–Crippen MR) is 99.0 cm³/mol. The number of rotatable bonds is 4. The van der Waals surface area contributed by atoms with E-state index in [4.69, 9.17) is 12.2 Å². The van der Waals surface area contributed by atoms with Crippen LogP contribution >= 0.6 is 28.1 Å². The highest BCUT2D eigenvalue weighted by atomic mass is 79.9. The number of hydrogen-bond acceptors (Lipinski definition) is 7. The minimum Gasteiger partial charge on any atom is -0.504 e. The van der Waals surface area contributed by atoms with Crippen molar-refractivity contribution < 1.29 is 30.6 Å². The van der Waals surface area contributed by atoms with E-state index in [2.05, 4.69) is 21.2 Å². The van der Waals surface area contributed by atoms with Gasteiger partial charge in [-0.25, -0.2) is 0 Å². The lowest BCUT2D eigenvalue weighted by molar-refractivity contribution is 0.365. The van der Waals surface area contributed by atoms with Gasteiger partial charge in [0, 0.05) is 6.54 Å². The first-order valence-corrected chi connectivity index (χ1v) is 8.04. The molecule has 0 aliphatic rings. The monoisotopic (exact) mass is 427 g/mol. The van der Waals surface area contributed by atoms with Crippen LogP contribution in [0.15, 0.2) is 28.7 Å². The molecule has 0 saturated heterocycles. The average Bonchev–Trinajstić information content (AvgIpc) is 2.57. The third-order valence-corrected chi connectivity index (χ3v) is 4.41. The van der Waals surface area contributed by atoms with Crippen molar-refractivity contribution in [3.8, 4) is 34.5 Å². The lowest BCUT2D eigenvalue weighted by Crippen LogP contribution is -2.18. The van der Waals surface area contributed by atoms with Gasteiger partial charge in [-0.3, -0.25) is 0 Å². The van der Waals surface area contributed by atoms with Gasteiger partial charge in [0.15, 0.2) is 28.7 Å². The molecule has 0 bridgehead atoms. The summed E-state index contributed by atoms with van der Waals surface area (Å²) < 4.78 is 0.218. The Balaban J connectivity index is 2.07. The second kappa shape index (κ2) is 7.49. The van der Waals surface area contributed by atoms with Crippen molar-refractivity contribution in [2.75, 3.05) is 0 Å². The molecule has 0 atom stereocenters. The number of hydrogen-bond donors (Lipinski definition) is 7. The fourth-order valence-corrected chi connectivity index (χ4v) is 2.52. The molecule has 2 aromatic carbocycles. The van der Waals surface area contributed by atoms with Crippen LogP contribution < -0.4 is 5.32 Å². The maximum Gasteiger partial charge on any atom is 0.201 e. The third-order valence-electron chi connectivity index (χ3n) is 3.24. The molecular weight excluding hydrogens is 414 g/mol. The molecule has 0 aliphatic heterocycles. The number of benzene rings is 2. The van der Waals surface area contributed by atoms with E-state index in [1.807, 2.05) is 0 Å². The highest BCUT2D eigenvalue weighted by Crippen LogP contribution is 2.42. The number of aromatic hydroxyl groups is 6. The topological polar surface area (TPSA) is 133 Å². The fourth-order valence-electron chi connectivity index (χ4n) is 1.94. The molecule has 0 heterocycles. The molecule has 0 amide bonds. The van der Waals surface area contributed by atoms with Gasteiger partial charge in [0.25, 0.3) is 0 Å². The Morgan fingerprint density at radius 3 is 2.08 bits per heavy atom. The minimum atomic E-state index is -0.620. The van der Waals surface area contributed by atoms with Crippen molar-refractivity contribution in [1.82, 2.24) is 5.32 Å². The van der Waals surface area contributed by atoms with Crippen LogP contribution in [0.3, 0.4) is 0 Å².